The van der Waals surface area contributed by atoms with Gasteiger partial charge in [-0.3, -0.25) is 0 Å². The normalized spacial score (nSPS) is 15.3. The molecule has 2 heterocycles. The SMILES string of the molecule is COc1ccc2[nH]c(=S)n(CCN(C)C3CC3)c2n1. The van der Waals surface area contributed by atoms with Gasteiger partial charge in [-0.1, -0.05) is 0 Å². The predicted molar refractivity (Wildman–Crippen MR) is 77.1 cm³/mol. The van der Waals surface area contributed by atoms with E-state index in [9.17, 15) is 0 Å². The number of imidazole rings is 1. The number of fused-ring (bicyclic) bond motifs is 1. The van der Waals surface area contributed by atoms with Gasteiger partial charge < -0.3 is 19.2 Å². The van der Waals surface area contributed by atoms with Crippen molar-refractivity contribution in [2.75, 3.05) is 20.7 Å². The minimum atomic E-state index is 0.616. The summed E-state index contributed by atoms with van der Waals surface area (Å²) in [5.74, 6) is 0.616. The van der Waals surface area contributed by atoms with Crippen LogP contribution in [-0.2, 0) is 6.54 Å². The lowest BCUT2D eigenvalue weighted by atomic mass is 10.4. The Morgan fingerprint density at radius 2 is 2.32 bits per heavy atom. The Morgan fingerprint density at radius 3 is 3.00 bits per heavy atom. The van der Waals surface area contributed by atoms with Gasteiger partial charge in [0.1, 0.15) is 0 Å². The van der Waals surface area contributed by atoms with E-state index in [2.05, 4.69) is 21.9 Å². The fraction of sp³-hybridized carbons (Fsp3) is 0.538. The number of methoxy groups -OCH3 is 1. The molecule has 2 aromatic rings. The molecule has 102 valence electrons. The van der Waals surface area contributed by atoms with E-state index in [0.717, 1.165) is 35.1 Å². The first-order valence-electron chi connectivity index (χ1n) is 6.53. The van der Waals surface area contributed by atoms with Crippen LogP contribution in [0.15, 0.2) is 12.1 Å². The number of likely N-dealkylation sites (N-methyl/N-ethyl adjacent to an activating group) is 1. The van der Waals surface area contributed by atoms with Crippen molar-refractivity contribution in [3.8, 4) is 5.88 Å². The minimum absolute atomic E-state index is 0.616. The average Bonchev–Trinajstić information content (AvgIpc) is 3.20. The summed E-state index contributed by atoms with van der Waals surface area (Å²) in [5.41, 5.74) is 1.83. The summed E-state index contributed by atoms with van der Waals surface area (Å²) in [6, 6.07) is 4.56. The maximum atomic E-state index is 5.37. The number of hydrogen-bond donors (Lipinski definition) is 1. The van der Waals surface area contributed by atoms with Gasteiger partial charge in [-0.2, -0.15) is 4.98 Å². The summed E-state index contributed by atoms with van der Waals surface area (Å²) in [7, 11) is 3.80. The number of hydrogen-bond acceptors (Lipinski definition) is 4. The molecule has 0 unspecified atom stereocenters. The van der Waals surface area contributed by atoms with E-state index >= 15 is 0 Å². The molecule has 0 amide bonds. The largest absolute Gasteiger partial charge is 0.481 e. The van der Waals surface area contributed by atoms with Crippen LogP contribution in [0.5, 0.6) is 5.88 Å². The highest BCUT2D eigenvalue weighted by Crippen LogP contribution is 2.25. The number of aromatic nitrogens is 3. The number of nitrogens with one attached hydrogen (secondary N) is 1. The van der Waals surface area contributed by atoms with Crippen LogP contribution in [-0.4, -0.2) is 46.2 Å². The van der Waals surface area contributed by atoms with E-state index in [4.69, 9.17) is 17.0 Å². The van der Waals surface area contributed by atoms with E-state index in [1.165, 1.54) is 12.8 Å². The van der Waals surface area contributed by atoms with Gasteiger partial charge in [0.15, 0.2) is 10.4 Å². The molecule has 0 aliphatic heterocycles. The quantitative estimate of drug-likeness (QED) is 0.852. The first-order chi connectivity index (χ1) is 9.19. The second kappa shape index (κ2) is 4.94. The Kier molecular flexibility index (Phi) is 3.28. The van der Waals surface area contributed by atoms with E-state index in [1.54, 1.807) is 7.11 Å². The zero-order valence-corrected chi connectivity index (χ0v) is 12.0. The molecule has 2 aromatic heterocycles. The van der Waals surface area contributed by atoms with Gasteiger partial charge in [-0.25, -0.2) is 0 Å². The van der Waals surface area contributed by atoms with Crippen molar-refractivity contribution in [1.82, 2.24) is 19.4 Å². The Labute approximate surface area is 117 Å². The highest BCUT2D eigenvalue weighted by molar-refractivity contribution is 7.71. The van der Waals surface area contributed by atoms with Crippen LogP contribution in [0.1, 0.15) is 12.8 Å². The molecule has 0 aromatic carbocycles. The third kappa shape index (κ3) is 2.50. The fourth-order valence-electron chi connectivity index (χ4n) is 2.29. The van der Waals surface area contributed by atoms with Crippen molar-refractivity contribution in [1.29, 1.82) is 0 Å². The van der Waals surface area contributed by atoms with Crippen molar-refractivity contribution in [2.24, 2.45) is 0 Å². The lowest BCUT2D eigenvalue weighted by molar-refractivity contribution is 0.309. The molecule has 0 radical (unpaired) electrons. The monoisotopic (exact) mass is 278 g/mol. The maximum absolute atomic E-state index is 5.37. The van der Waals surface area contributed by atoms with Gasteiger partial charge >= 0.3 is 0 Å². The van der Waals surface area contributed by atoms with Crippen LogP contribution in [0.4, 0.5) is 0 Å². The molecule has 1 aliphatic carbocycles. The summed E-state index contributed by atoms with van der Waals surface area (Å²) >= 11 is 5.37. The van der Waals surface area contributed by atoms with Crippen molar-refractivity contribution < 1.29 is 4.74 Å². The topological polar surface area (TPSA) is 46.1 Å². The highest BCUT2D eigenvalue weighted by Gasteiger charge is 2.25. The molecule has 0 saturated heterocycles. The molecule has 1 fully saturated rings. The van der Waals surface area contributed by atoms with Gasteiger partial charge in [0.25, 0.3) is 0 Å². The third-order valence-corrected chi connectivity index (χ3v) is 3.97. The molecule has 1 aliphatic rings. The number of H-pyrrole nitrogens is 1. The third-order valence-electron chi connectivity index (χ3n) is 3.65. The number of nitrogens with zero attached hydrogens (tertiary/aromatic N) is 3. The first-order valence-corrected chi connectivity index (χ1v) is 6.93. The van der Waals surface area contributed by atoms with E-state index in [0.29, 0.717) is 5.88 Å². The first kappa shape index (κ1) is 12.6. The van der Waals surface area contributed by atoms with Crippen LogP contribution in [0, 0.1) is 4.77 Å². The van der Waals surface area contributed by atoms with Crippen molar-refractivity contribution in [3.05, 3.63) is 16.9 Å². The van der Waals surface area contributed by atoms with E-state index < -0.39 is 0 Å². The zero-order valence-electron chi connectivity index (χ0n) is 11.2. The van der Waals surface area contributed by atoms with Crippen LogP contribution >= 0.6 is 12.2 Å². The summed E-state index contributed by atoms with van der Waals surface area (Å²) in [4.78, 5) is 10.1. The summed E-state index contributed by atoms with van der Waals surface area (Å²) in [5, 5.41) is 0. The number of aromatic amines is 1. The molecule has 5 nitrogen and oxygen atoms in total. The number of rotatable bonds is 5. The molecular weight excluding hydrogens is 260 g/mol. The van der Waals surface area contributed by atoms with E-state index in [-0.39, 0.29) is 0 Å². The molecule has 6 heteroatoms. The van der Waals surface area contributed by atoms with Gasteiger partial charge in [0.2, 0.25) is 5.88 Å². The molecule has 1 saturated carbocycles. The van der Waals surface area contributed by atoms with Gasteiger partial charge in [0.05, 0.1) is 12.6 Å². The van der Waals surface area contributed by atoms with Gasteiger partial charge in [-0.05, 0) is 38.2 Å². The van der Waals surface area contributed by atoms with Crippen LogP contribution in [0.2, 0.25) is 0 Å². The van der Waals surface area contributed by atoms with Gasteiger partial charge in [-0.15, -0.1) is 0 Å². The highest BCUT2D eigenvalue weighted by atomic mass is 32.1. The Balaban J connectivity index is 1.87. The van der Waals surface area contributed by atoms with E-state index in [1.807, 2.05) is 16.7 Å². The molecule has 3 rings (SSSR count). The Hall–Kier alpha value is -1.40. The maximum Gasteiger partial charge on any atom is 0.215 e. The summed E-state index contributed by atoms with van der Waals surface area (Å²) < 4.78 is 7.95. The number of pyridine rings is 1. The van der Waals surface area contributed by atoms with Crippen LogP contribution in [0.3, 0.4) is 0 Å². The lowest BCUT2D eigenvalue weighted by Gasteiger charge is -2.15. The smallest absolute Gasteiger partial charge is 0.215 e. The van der Waals surface area contributed by atoms with Gasteiger partial charge in [0, 0.05) is 25.2 Å². The average molecular weight is 278 g/mol. The molecule has 0 bridgehead atoms. The van der Waals surface area contributed by atoms with Crippen LogP contribution < -0.4 is 4.74 Å². The molecule has 0 atom stereocenters. The Morgan fingerprint density at radius 1 is 1.53 bits per heavy atom. The Bertz CT molecular complexity index is 644. The molecule has 1 N–H and O–H groups in total. The van der Waals surface area contributed by atoms with Crippen molar-refractivity contribution in [3.63, 3.8) is 0 Å². The molecular formula is C13H18N4OS. The summed E-state index contributed by atoms with van der Waals surface area (Å²) in [6.07, 6.45) is 2.64. The summed E-state index contributed by atoms with van der Waals surface area (Å²) in [6.45, 7) is 1.84. The molecule has 19 heavy (non-hydrogen) atoms. The molecule has 0 spiro atoms. The van der Waals surface area contributed by atoms with Crippen molar-refractivity contribution >= 4 is 23.4 Å². The lowest BCUT2D eigenvalue weighted by Crippen LogP contribution is -2.25. The fourth-order valence-corrected chi connectivity index (χ4v) is 2.58. The van der Waals surface area contributed by atoms with Crippen molar-refractivity contribution in [2.45, 2.75) is 25.4 Å². The zero-order chi connectivity index (χ0) is 13.4. The standard InChI is InChI=1S/C13H18N4OS/c1-16(9-3-4-9)7-8-17-12-10(14-13(17)19)5-6-11(15-12)18-2/h5-6,9H,3-4,7-8H2,1-2H3,(H,14,19). The second-order valence-electron chi connectivity index (χ2n) is 5.02. The predicted octanol–water partition coefficient (Wildman–Crippen LogP) is 2.20. The second-order valence-corrected chi connectivity index (χ2v) is 5.41. The minimum Gasteiger partial charge on any atom is -0.481 e. The number of ether oxygens (including phenoxy) is 1. The van der Waals surface area contributed by atoms with Crippen LogP contribution in [0.25, 0.3) is 11.2 Å².